The van der Waals surface area contributed by atoms with E-state index in [-0.39, 0.29) is 15.5 Å². The summed E-state index contributed by atoms with van der Waals surface area (Å²) < 4.78 is 34.5. The zero-order valence-electron chi connectivity index (χ0n) is 6.51. The largest absolute Gasteiger partial charge is 0.261 e. The molecule has 0 aliphatic rings. The summed E-state index contributed by atoms with van der Waals surface area (Å²) in [5.74, 6) is -0.688. The van der Waals surface area contributed by atoms with E-state index in [9.17, 15) is 12.8 Å². The average molecular weight is 243 g/mol. The fraction of sp³-hybridized carbons (Fsp3) is 0.143. The van der Waals surface area contributed by atoms with Crippen LogP contribution in [0.4, 0.5) is 4.39 Å². The second-order valence-electron chi connectivity index (χ2n) is 2.45. The summed E-state index contributed by atoms with van der Waals surface area (Å²) in [6, 6.07) is 1.95. The maximum Gasteiger partial charge on any atom is 0.261 e. The zero-order valence-corrected chi connectivity index (χ0v) is 8.84. The van der Waals surface area contributed by atoms with Crippen LogP contribution in [0, 0.1) is 12.7 Å². The van der Waals surface area contributed by atoms with E-state index in [4.69, 9.17) is 22.3 Å². The summed E-state index contributed by atoms with van der Waals surface area (Å²) in [7, 11) is 1.08. The molecule has 0 unspecified atom stereocenters. The fourth-order valence-corrected chi connectivity index (χ4v) is 1.81. The molecule has 0 bridgehead atoms. The van der Waals surface area contributed by atoms with Crippen LogP contribution in [0.1, 0.15) is 5.56 Å². The van der Waals surface area contributed by atoms with Crippen molar-refractivity contribution in [3.05, 3.63) is 28.5 Å². The van der Waals surface area contributed by atoms with Crippen molar-refractivity contribution in [1.29, 1.82) is 0 Å². The van der Waals surface area contributed by atoms with E-state index >= 15 is 0 Å². The van der Waals surface area contributed by atoms with E-state index in [2.05, 4.69) is 0 Å². The van der Waals surface area contributed by atoms with Crippen molar-refractivity contribution in [3.8, 4) is 0 Å². The number of benzene rings is 1. The molecule has 1 aromatic carbocycles. The first kappa shape index (κ1) is 10.8. The Labute approximate surface area is 84.7 Å². The van der Waals surface area contributed by atoms with Crippen molar-refractivity contribution in [2.24, 2.45) is 0 Å². The summed E-state index contributed by atoms with van der Waals surface area (Å²) in [6.07, 6.45) is 0. The predicted molar refractivity (Wildman–Crippen MR) is 49.2 cm³/mol. The van der Waals surface area contributed by atoms with E-state index in [0.29, 0.717) is 0 Å². The Balaban J connectivity index is 3.47. The molecule has 0 aromatic heterocycles. The van der Waals surface area contributed by atoms with Crippen LogP contribution in [0.2, 0.25) is 5.02 Å². The maximum atomic E-state index is 13.0. The smallest absolute Gasteiger partial charge is 0.207 e. The van der Waals surface area contributed by atoms with Gasteiger partial charge in [-0.1, -0.05) is 11.6 Å². The first-order valence-corrected chi connectivity index (χ1v) is 5.91. The maximum absolute atomic E-state index is 13.0. The lowest BCUT2D eigenvalue weighted by molar-refractivity contribution is 0.599. The van der Waals surface area contributed by atoms with Gasteiger partial charge in [-0.05, 0) is 19.1 Å². The fourth-order valence-electron chi connectivity index (χ4n) is 0.763. The van der Waals surface area contributed by atoms with Gasteiger partial charge in [-0.2, -0.15) is 0 Å². The Morgan fingerprint density at radius 3 is 2.31 bits per heavy atom. The molecule has 0 fully saturated rings. The summed E-state index contributed by atoms with van der Waals surface area (Å²) in [5.41, 5.74) is 0.200. The minimum absolute atomic E-state index is 0.0409. The molecule has 0 N–H and O–H groups in total. The van der Waals surface area contributed by atoms with Gasteiger partial charge in [0.25, 0.3) is 9.05 Å². The second-order valence-corrected chi connectivity index (χ2v) is 5.42. The Kier molecular flexibility index (Phi) is 2.85. The lowest BCUT2D eigenvalue weighted by Crippen LogP contribution is -1.94. The second kappa shape index (κ2) is 3.44. The average Bonchev–Trinajstić information content (AvgIpc) is 1.97. The molecule has 0 aliphatic carbocycles. The van der Waals surface area contributed by atoms with Crippen LogP contribution in [0.5, 0.6) is 0 Å². The molecule has 0 atom stereocenters. The van der Waals surface area contributed by atoms with Gasteiger partial charge >= 0.3 is 0 Å². The Morgan fingerprint density at radius 2 is 1.92 bits per heavy atom. The molecule has 0 saturated carbocycles. The monoisotopic (exact) mass is 242 g/mol. The molecule has 0 amide bonds. The number of halogens is 3. The van der Waals surface area contributed by atoms with Crippen molar-refractivity contribution in [3.63, 3.8) is 0 Å². The third-order valence-corrected chi connectivity index (χ3v) is 3.26. The molecule has 1 rings (SSSR count). The van der Waals surface area contributed by atoms with Gasteiger partial charge in [0, 0.05) is 21.3 Å². The third kappa shape index (κ3) is 2.33. The minimum Gasteiger partial charge on any atom is -0.207 e. The Hall–Kier alpha value is -0.320. The first-order chi connectivity index (χ1) is 5.82. The molecular weight excluding hydrogens is 238 g/mol. The highest BCUT2D eigenvalue weighted by molar-refractivity contribution is 8.13. The van der Waals surface area contributed by atoms with Crippen LogP contribution in [0.15, 0.2) is 17.0 Å². The van der Waals surface area contributed by atoms with Crippen molar-refractivity contribution in [2.45, 2.75) is 11.8 Å². The van der Waals surface area contributed by atoms with Gasteiger partial charge in [0.2, 0.25) is 0 Å². The SMILES string of the molecule is Cc1c(F)cc(S(=O)(=O)Cl)cc1Cl. The van der Waals surface area contributed by atoms with Crippen molar-refractivity contribution < 1.29 is 12.8 Å². The van der Waals surface area contributed by atoms with Gasteiger partial charge in [0.05, 0.1) is 4.90 Å². The predicted octanol–water partition coefficient (Wildman–Crippen LogP) is 2.72. The van der Waals surface area contributed by atoms with Gasteiger partial charge in [-0.3, -0.25) is 0 Å². The van der Waals surface area contributed by atoms with Crippen LogP contribution in [-0.2, 0) is 9.05 Å². The van der Waals surface area contributed by atoms with Gasteiger partial charge in [0.1, 0.15) is 5.82 Å². The van der Waals surface area contributed by atoms with Gasteiger partial charge in [-0.15, -0.1) is 0 Å². The summed E-state index contributed by atoms with van der Waals surface area (Å²) >= 11 is 5.56. The van der Waals surface area contributed by atoms with Gasteiger partial charge in [0.15, 0.2) is 0 Å². The Bertz CT molecular complexity index is 419. The third-order valence-electron chi connectivity index (χ3n) is 1.54. The zero-order chi connectivity index (χ0) is 10.2. The summed E-state index contributed by atoms with van der Waals surface area (Å²) in [5, 5.41) is 0.0409. The van der Waals surface area contributed by atoms with E-state index in [1.54, 1.807) is 0 Å². The lowest BCUT2D eigenvalue weighted by atomic mass is 10.2. The van der Waals surface area contributed by atoms with Crippen LogP contribution >= 0.6 is 22.3 Å². The number of hydrogen-bond acceptors (Lipinski definition) is 2. The summed E-state index contributed by atoms with van der Waals surface area (Å²) in [4.78, 5) is -0.331. The highest BCUT2D eigenvalue weighted by Crippen LogP contribution is 2.25. The molecule has 6 heteroatoms. The molecule has 72 valence electrons. The molecule has 0 heterocycles. The summed E-state index contributed by atoms with van der Waals surface area (Å²) in [6.45, 7) is 1.45. The quantitative estimate of drug-likeness (QED) is 0.710. The van der Waals surface area contributed by atoms with E-state index < -0.39 is 14.9 Å². The van der Waals surface area contributed by atoms with Crippen LogP contribution < -0.4 is 0 Å². The highest BCUT2D eigenvalue weighted by Gasteiger charge is 2.14. The topological polar surface area (TPSA) is 34.1 Å². The molecule has 0 aliphatic heterocycles. The molecule has 2 nitrogen and oxygen atoms in total. The van der Waals surface area contributed by atoms with Crippen molar-refractivity contribution >= 4 is 31.3 Å². The normalized spacial score (nSPS) is 11.7. The highest BCUT2D eigenvalue weighted by atomic mass is 35.7. The minimum atomic E-state index is -3.92. The van der Waals surface area contributed by atoms with E-state index in [0.717, 1.165) is 12.1 Å². The molecule has 1 aromatic rings. The molecule has 0 radical (unpaired) electrons. The van der Waals surface area contributed by atoms with Crippen molar-refractivity contribution in [1.82, 2.24) is 0 Å². The molecule has 0 spiro atoms. The standard InChI is InChI=1S/C7H5Cl2FO2S/c1-4-6(8)2-5(3-7(4)10)13(9,11)12/h2-3H,1H3. The molecule has 0 saturated heterocycles. The number of hydrogen-bond donors (Lipinski definition) is 0. The number of rotatable bonds is 1. The van der Waals surface area contributed by atoms with Gasteiger partial charge < -0.3 is 0 Å². The van der Waals surface area contributed by atoms with Crippen LogP contribution in [0.3, 0.4) is 0 Å². The first-order valence-electron chi connectivity index (χ1n) is 3.22. The van der Waals surface area contributed by atoms with Crippen LogP contribution in [-0.4, -0.2) is 8.42 Å². The lowest BCUT2D eigenvalue weighted by Gasteiger charge is -2.01. The Morgan fingerprint density at radius 1 is 1.38 bits per heavy atom. The van der Waals surface area contributed by atoms with Crippen molar-refractivity contribution in [2.75, 3.05) is 0 Å². The van der Waals surface area contributed by atoms with E-state index in [1.165, 1.54) is 6.92 Å². The van der Waals surface area contributed by atoms with Crippen LogP contribution in [0.25, 0.3) is 0 Å². The molecular formula is C7H5Cl2FO2S. The van der Waals surface area contributed by atoms with Gasteiger partial charge in [-0.25, -0.2) is 12.8 Å². The molecule has 13 heavy (non-hydrogen) atoms. The van der Waals surface area contributed by atoms with E-state index in [1.807, 2.05) is 0 Å².